The van der Waals surface area contributed by atoms with Crippen molar-refractivity contribution >= 4 is 0 Å². The molecule has 0 bridgehead atoms. The van der Waals surface area contributed by atoms with Gasteiger partial charge in [-0.1, -0.05) is 18.2 Å². The van der Waals surface area contributed by atoms with Gasteiger partial charge in [-0.05, 0) is 31.5 Å². The average Bonchev–Trinajstić information content (AvgIpc) is 3.00. The van der Waals surface area contributed by atoms with Crippen molar-refractivity contribution in [1.82, 2.24) is 10.3 Å². The zero-order valence-electron chi connectivity index (χ0n) is 9.94. The van der Waals surface area contributed by atoms with Gasteiger partial charge in [0, 0.05) is 18.0 Å². The van der Waals surface area contributed by atoms with Crippen molar-refractivity contribution < 1.29 is 4.42 Å². The summed E-state index contributed by atoms with van der Waals surface area (Å²) in [6, 6.07) is 8.18. The highest BCUT2D eigenvalue weighted by Crippen LogP contribution is 2.28. The highest BCUT2D eigenvalue weighted by Gasteiger charge is 2.21. The van der Waals surface area contributed by atoms with E-state index in [1.165, 1.54) is 5.56 Å². The van der Waals surface area contributed by atoms with Crippen LogP contribution in [0.15, 0.2) is 34.9 Å². The summed E-state index contributed by atoms with van der Waals surface area (Å²) in [7, 11) is 0. The van der Waals surface area contributed by atoms with Crippen molar-refractivity contribution in [2.75, 3.05) is 13.1 Å². The minimum Gasteiger partial charge on any atom is -0.441 e. The fraction of sp³-hybridized carbons (Fsp3) is 0.357. The van der Waals surface area contributed by atoms with E-state index >= 15 is 0 Å². The van der Waals surface area contributed by atoms with Crippen molar-refractivity contribution in [2.24, 2.45) is 0 Å². The van der Waals surface area contributed by atoms with Crippen LogP contribution in [0.1, 0.15) is 23.7 Å². The maximum atomic E-state index is 5.88. The molecule has 1 fully saturated rings. The highest BCUT2D eigenvalue weighted by molar-refractivity contribution is 5.58. The SMILES string of the molecule is Cc1ccccc1-c1ncc(C2CCNC2)o1. The van der Waals surface area contributed by atoms with E-state index in [4.69, 9.17) is 4.42 Å². The lowest BCUT2D eigenvalue weighted by Gasteiger charge is -2.03. The summed E-state index contributed by atoms with van der Waals surface area (Å²) >= 11 is 0. The zero-order chi connectivity index (χ0) is 11.7. The van der Waals surface area contributed by atoms with Gasteiger partial charge < -0.3 is 9.73 Å². The van der Waals surface area contributed by atoms with Gasteiger partial charge in [-0.2, -0.15) is 0 Å². The first-order chi connectivity index (χ1) is 8.34. The fourth-order valence-electron chi connectivity index (χ4n) is 2.31. The third-order valence-electron chi connectivity index (χ3n) is 3.36. The van der Waals surface area contributed by atoms with Gasteiger partial charge in [0.25, 0.3) is 0 Å². The summed E-state index contributed by atoms with van der Waals surface area (Å²) in [4.78, 5) is 4.40. The molecule has 2 aromatic rings. The predicted octanol–water partition coefficient (Wildman–Crippen LogP) is 2.73. The summed E-state index contributed by atoms with van der Waals surface area (Å²) in [6.07, 6.45) is 3.02. The Balaban J connectivity index is 1.92. The molecule has 0 radical (unpaired) electrons. The summed E-state index contributed by atoms with van der Waals surface area (Å²) in [6.45, 7) is 4.16. The summed E-state index contributed by atoms with van der Waals surface area (Å²) in [5.74, 6) is 2.23. The molecule has 0 amide bonds. The highest BCUT2D eigenvalue weighted by atomic mass is 16.4. The van der Waals surface area contributed by atoms with Gasteiger partial charge in [0.1, 0.15) is 5.76 Å². The standard InChI is InChI=1S/C14H16N2O/c1-10-4-2-3-5-12(10)14-16-9-13(17-14)11-6-7-15-8-11/h2-5,9,11,15H,6-8H2,1H3. The van der Waals surface area contributed by atoms with Gasteiger partial charge in [0.05, 0.1) is 6.20 Å². The zero-order valence-corrected chi connectivity index (χ0v) is 9.94. The molecule has 1 unspecified atom stereocenters. The molecule has 3 heteroatoms. The Morgan fingerprint density at radius 1 is 1.35 bits per heavy atom. The van der Waals surface area contributed by atoms with Gasteiger partial charge in [-0.15, -0.1) is 0 Å². The minimum absolute atomic E-state index is 0.486. The van der Waals surface area contributed by atoms with E-state index in [1.54, 1.807) is 0 Å². The summed E-state index contributed by atoms with van der Waals surface area (Å²) in [5.41, 5.74) is 2.29. The van der Waals surface area contributed by atoms with E-state index < -0.39 is 0 Å². The number of benzene rings is 1. The van der Waals surface area contributed by atoms with Crippen molar-refractivity contribution in [3.63, 3.8) is 0 Å². The first-order valence-corrected chi connectivity index (χ1v) is 6.07. The van der Waals surface area contributed by atoms with E-state index in [2.05, 4.69) is 29.4 Å². The molecule has 3 nitrogen and oxygen atoms in total. The predicted molar refractivity (Wildman–Crippen MR) is 66.9 cm³/mol. The molecule has 0 saturated carbocycles. The normalized spacial score (nSPS) is 19.7. The molecule has 1 aliphatic heterocycles. The molecule has 1 saturated heterocycles. The van der Waals surface area contributed by atoms with Crippen molar-refractivity contribution in [3.05, 3.63) is 41.8 Å². The van der Waals surface area contributed by atoms with Gasteiger partial charge in [0.15, 0.2) is 0 Å². The maximum absolute atomic E-state index is 5.88. The number of aromatic nitrogens is 1. The Kier molecular flexibility index (Phi) is 2.69. The Bertz CT molecular complexity index is 512. The number of nitrogens with one attached hydrogen (secondary N) is 1. The van der Waals surface area contributed by atoms with Gasteiger partial charge in [0.2, 0.25) is 5.89 Å². The largest absolute Gasteiger partial charge is 0.441 e. The third kappa shape index (κ3) is 1.98. The van der Waals surface area contributed by atoms with E-state index in [-0.39, 0.29) is 0 Å². The Hall–Kier alpha value is -1.61. The van der Waals surface area contributed by atoms with Crippen LogP contribution in [0, 0.1) is 6.92 Å². The first-order valence-electron chi connectivity index (χ1n) is 6.07. The van der Waals surface area contributed by atoms with Crippen LogP contribution in [0.2, 0.25) is 0 Å². The second-order valence-corrected chi connectivity index (χ2v) is 4.57. The van der Waals surface area contributed by atoms with Crippen LogP contribution >= 0.6 is 0 Å². The van der Waals surface area contributed by atoms with Crippen LogP contribution in [0.4, 0.5) is 0 Å². The van der Waals surface area contributed by atoms with Gasteiger partial charge in [-0.3, -0.25) is 0 Å². The summed E-state index contributed by atoms with van der Waals surface area (Å²) in [5, 5.41) is 3.34. The molecule has 3 rings (SSSR count). The summed E-state index contributed by atoms with van der Waals surface area (Å²) < 4.78 is 5.88. The Labute approximate surface area is 101 Å². The van der Waals surface area contributed by atoms with Crippen LogP contribution in [0.3, 0.4) is 0 Å². The number of rotatable bonds is 2. The number of aryl methyl sites for hydroxylation is 1. The molecule has 1 aliphatic rings. The number of hydrogen-bond donors (Lipinski definition) is 1. The molecule has 1 N–H and O–H groups in total. The molecule has 0 spiro atoms. The Morgan fingerprint density at radius 2 is 2.24 bits per heavy atom. The molecule has 1 aromatic heterocycles. The van der Waals surface area contributed by atoms with Crippen LogP contribution in [0.25, 0.3) is 11.5 Å². The number of nitrogens with zero attached hydrogens (tertiary/aromatic N) is 1. The second-order valence-electron chi connectivity index (χ2n) is 4.57. The van der Waals surface area contributed by atoms with Crippen LogP contribution in [-0.2, 0) is 0 Å². The lowest BCUT2D eigenvalue weighted by atomic mass is 10.1. The second kappa shape index (κ2) is 4.34. The monoisotopic (exact) mass is 228 g/mol. The van der Waals surface area contributed by atoms with Crippen molar-refractivity contribution in [1.29, 1.82) is 0 Å². The first kappa shape index (κ1) is 10.5. The third-order valence-corrected chi connectivity index (χ3v) is 3.36. The topological polar surface area (TPSA) is 38.1 Å². The van der Waals surface area contributed by atoms with E-state index in [0.29, 0.717) is 5.92 Å². The van der Waals surface area contributed by atoms with Crippen LogP contribution in [-0.4, -0.2) is 18.1 Å². The van der Waals surface area contributed by atoms with E-state index in [1.807, 2.05) is 18.3 Å². The fourth-order valence-corrected chi connectivity index (χ4v) is 2.31. The minimum atomic E-state index is 0.486. The smallest absolute Gasteiger partial charge is 0.226 e. The molecule has 0 aliphatic carbocycles. The van der Waals surface area contributed by atoms with Crippen LogP contribution in [0.5, 0.6) is 0 Å². The Morgan fingerprint density at radius 3 is 3.00 bits per heavy atom. The molecule has 17 heavy (non-hydrogen) atoms. The molecule has 1 aromatic carbocycles. The quantitative estimate of drug-likeness (QED) is 0.858. The molecular formula is C14H16N2O. The van der Waals surface area contributed by atoms with Crippen LogP contribution < -0.4 is 5.32 Å². The molecule has 2 heterocycles. The van der Waals surface area contributed by atoms with Crippen molar-refractivity contribution in [2.45, 2.75) is 19.3 Å². The van der Waals surface area contributed by atoms with E-state index in [0.717, 1.165) is 36.7 Å². The van der Waals surface area contributed by atoms with Gasteiger partial charge in [-0.25, -0.2) is 4.98 Å². The van der Waals surface area contributed by atoms with Gasteiger partial charge >= 0.3 is 0 Å². The molecular weight excluding hydrogens is 212 g/mol. The lowest BCUT2D eigenvalue weighted by Crippen LogP contribution is -2.07. The average molecular weight is 228 g/mol. The number of hydrogen-bond acceptors (Lipinski definition) is 3. The number of oxazole rings is 1. The van der Waals surface area contributed by atoms with E-state index in [9.17, 15) is 0 Å². The lowest BCUT2D eigenvalue weighted by molar-refractivity contribution is 0.481. The van der Waals surface area contributed by atoms with Crippen molar-refractivity contribution in [3.8, 4) is 11.5 Å². The maximum Gasteiger partial charge on any atom is 0.226 e. The molecule has 88 valence electrons. The molecule has 1 atom stereocenters.